The minimum absolute atomic E-state index is 0.377. The third kappa shape index (κ3) is 2.60. The summed E-state index contributed by atoms with van der Waals surface area (Å²) >= 11 is 7.07. The molecule has 1 atom stereocenters. The second-order valence-corrected chi connectivity index (χ2v) is 5.48. The summed E-state index contributed by atoms with van der Waals surface area (Å²) in [7, 11) is 1.79. The number of anilines is 1. The van der Waals surface area contributed by atoms with Gasteiger partial charge >= 0.3 is 0 Å². The summed E-state index contributed by atoms with van der Waals surface area (Å²) in [5.74, 6) is 0. The van der Waals surface area contributed by atoms with Gasteiger partial charge in [0, 0.05) is 35.7 Å². The zero-order chi connectivity index (χ0) is 11.5. The average molecular weight is 349 g/mol. The summed E-state index contributed by atoms with van der Waals surface area (Å²) in [4.78, 5) is 2.40. The fourth-order valence-electron chi connectivity index (χ4n) is 2.08. The first-order valence-electron chi connectivity index (χ1n) is 5.36. The Kier molecular flexibility index (Phi) is 4.27. The Hall–Kier alpha value is -0.0600. The van der Waals surface area contributed by atoms with Crippen molar-refractivity contribution in [1.29, 1.82) is 0 Å². The second-order valence-electron chi connectivity index (χ2n) is 4.00. The molecule has 16 heavy (non-hydrogen) atoms. The van der Waals surface area contributed by atoms with Crippen LogP contribution in [0.15, 0.2) is 22.7 Å². The van der Waals surface area contributed by atoms with E-state index >= 15 is 0 Å². The van der Waals surface area contributed by atoms with Crippen molar-refractivity contribution in [2.45, 2.75) is 17.9 Å². The van der Waals surface area contributed by atoms with Crippen molar-refractivity contribution >= 4 is 37.5 Å². The monoisotopic (exact) mass is 347 g/mol. The number of benzene rings is 1. The Balaban J connectivity index is 2.22. The Bertz CT molecular complexity index is 370. The van der Waals surface area contributed by atoms with Gasteiger partial charge in [-0.3, -0.25) is 0 Å². The fraction of sp³-hybridized carbons (Fsp3) is 0.500. The molecule has 88 valence electrons. The lowest BCUT2D eigenvalue weighted by molar-refractivity contribution is 0.121. The van der Waals surface area contributed by atoms with Crippen LogP contribution < -0.4 is 4.90 Å². The third-order valence-electron chi connectivity index (χ3n) is 3.01. The van der Waals surface area contributed by atoms with E-state index in [4.69, 9.17) is 4.74 Å². The van der Waals surface area contributed by atoms with Crippen molar-refractivity contribution in [3.63, 3.8) is 0 Å². The molecule has 0 aromatic heterocycles. The molecule has 1 aromatic rings. The SMILES string of the molecule is COC1CCN(c2cc(Br)ccc2CBr)C1. The van der Waals surface area contributed by atoms with E-state index in [0.717, 1.165) is 29.3 Å². The Labute approximate surface area is 113 Å². The molecule has 1 fully saturated rings. The zero-order valence-electron chi connectivity index (χ0n) is 9.25. The Morgan fingerprint density at radius 1 is 1.50 bits per heavy atom. The Morgan fingerprint density at radius 2 is 2.31 bits per heavy atom. The van der Waals surface area contributed by atoms with Gasteiger partial charge in [-0.25, -0.2) is 0 Å². The molecule has 0 aliphatic carbocycles. The van der Waals surface area contributed by atoms with Crippen LogP contribution in [0.25, 0.3) is 0 Å². The number of nitrogens with zero attached hydrogens (tertiary/aromatic N) is 1. The van der Waals surface area contributed by atoms with E-state index in [1.165, 1.54) is 11.3 Å². The largest absolute Gasteiger partial charge is 0.380 e. The van der Waals surface area contributed by atoms with E-state index in [9.17, 15) is 0 Å². The topological polar surface area (TPSA) is 12.5 Å². The van der Waals surface area contributed by atoms with Crippen molar-refractivity contribution in [1.82, 2.24) is 0 Å². The fourth-order valence-corrected chi connectivity index (χ4v) is 2.91. The van der Waals surface area contributed by atoms with E-state index in [0.29, 0.717) is 6.10 Å². The molecular formula is C12H15Br2NO. The molecule has 2 nitrogen and oxygen atoms in total. The molecule has 4 heteroatoms. The second kappa shape index (κ2) is 5.52. The van der Waals surface area contributed by atoms with E-state index in [-0.39, 0.29) is 0 Å². The summed E-state index contributed by atoms with van der Waals surface area (Å²) in [6.07, 6.45) is 1.49. The number of methoxy groups -OCH3 is 1. The van der Waals surface area contributed by atoms with Gasteiger partial charge in [0.2, 0.25) is 0 Å². The molecule has 0 bridgehead atoms. The summed E-state index contributed by atoms with van der Waals surface area (Å²) in [5.41, 5.74) is 2.64. The molecule has 0 N–H and O–H groups in total. The van der Waals surface area contributed by atoms with Crippen LogP contribution in [0.4, 0.5) is 5.69 Å². The van der Waals surface area contributed by atoms with Crippen LogP contribution in [0.2, 0.25) is 0 Å². The van der Waals surface area contributed by atoms with Gasteiger partial charge < -0.3 is 9.64 Å². The molecule has 0 spiro atoms. The maximum atomic E-state index is 5.40. The number of ether oxygens (including phenoxy) is 1. The highest BCUT2D eigenvalue weighted by molar-refractivity contribution is 9.10. The van der Waals surface area contributed by atoms with E-state index in [1.54, 1.807) is 7.11 Å². The van der Waals surface area contributed by atoms with Crippen LogP contribution in [0.1, 0.15) is 12.0 Å². The van der Waals surface area contributed by atoms with Crippen molar-refractivity contribution in [2.75, 3.05) is 25.1 Å². The molecule has 1 heterocycles. The van der Waals surface area contributed by atoms with Crippen LogP contribution in [0.3, 0.4) is 0 Å². The minimum atomic E-state index is 0.377. The van der Waals surface area contributed by atoms with Crippen molar-refractivity contribution in [3.8, 4) is 0 Å². The first kappa shape index (κ1) is 12.4. The standard InChI is InChI=1S/C12H15Br2NO/c1-16-11-4-5-15(8-11)12-6-10(14)3-2-9(12)7-13/h2-3,6,11H,4-5,7-8H2,1H3. The van der Waals surface area contributed by atoms with Crippen LogP contribution in [0.5, 0.6) is 0 Å². The lowest BCUT2D eigenvalue weighted by Crippen LogP contribution is -2.23. The first-order chi connectivity index (χ1) is 7.74. The van der Waals surface area contributed by atoms with Crippen molar-refractivity contribution < 1.29 is 4.74 Å². The summed E-state index contributed by atoms with van der Waals surface area (Å²) in [6.45, 7) is 2.07. The maximum Gasteiger partial charge on any atom is 0.0762 e. The lowest BCUT2D eigenvalue weighted by Gasteiger charge is -2.21. The van der Waals surface area contributed by atoms with Crippen molar-refractivity contribution in [2.24, 2.45) is 0 Å². The first-order valence-corrected chi connectivity index (χ1v) is 7.28. The van der Waals surface area contributed by atoms with Gasteiger partial charge in [0.1, 0.15) is 0 Å². The van der Waals surface area contributed by atoms with Crippen LogP contribution in [-0.4, -0.2) is 26.3 Å². The normalized spacial score (nSPS) is 20.4. The van der Waals surface area contributed by atoms with Crippen molar-refractivity contribution in [3.05, 3.63) is 28.2 Å². The maximum absolute atomic E-state index is 5.40. The van der Waals surface area contributed by atoms with Gasteiger partial charge in [-0.05, 0) is 24.1 Å². The highest BCUT2D eigenvalue weighted by Crippen LogP contribution is 2.30. The van der Waals surface area contributed by atoms with E-state index in [1.807, 2.05) is 0 Å². The quantitative estimate of drug-likeness (QED) is 0.774. The van der Waals surface area contributed by atoms with Crippen LogP contribution in [0, 0.1) is 0 Å². The summed E-state index contributed by atoms with van der Waals surface area (Å²) < 4.78 is 6.53. The molecule has 0 saturated carbocycles. The molecule has 1 aromatic carbocycles. The molecular weight excluding hydrogens is 334 g/mol. The molecule has 2 rings (SSSR count). The minimum Gasteiger partial charge on any atom is -0.380 e. The number of rotatable bonds is 3. The van der Waals surface area contributed by atoms with E-state index < -0.39 is 0 Å². The Morgan fingerprint density at radius 3 is 2.94 bits per heavy atom. The number of alkyl halides is 1. The predicted molar refractivity (Wildman–Crippen MR) is 74.4 cm³/mol. The highest BCUT2D eigenvalue weighted by Gasteiger charge is 2.23. The summed E-state index contributed by atoms with van der Waals surface area (Å²) in [5, 5.41) is 0.893. The molecule has 0 radical (unpaired) electrons. The molecule has 1 saturated heterocycles. The van der Waals surface area contributed by atoms with Gasteiger partial charge in [0.05, 0.1) is 6.10 Å². The molecule has 0 amide bonds. The predicted octanol–water partition coefficient (Wildman–Crippen LogP) is 3.57. The third-order valence-corrected chi connectivity index (χ3v) is 4.11. The van der Waals surface area contributed by atoms with Gasteiger partial charge in [-0.1, -0.05) is 37.9 Å². The van der Waals surface area contributed by atoms with Gasteiger partial charge in [-0.2, -0.15) is 0 Å². The molecule has 1 aliphatic rings. The van der Waals surface area contributed by atoms with Gasteiger partial charge in [0.15, 0.2) is 0 Å². The number of halogens is 2. The number of hydrogen-bond acceptors (Lipinski definition) is 2. The zero-order valence-corrected chi connectivity index (χ0v) is 12.4. The smallest absolute Gasteiger partial charge is 0.0762 e. The van der Waals surface area contributed by atoms with Crippen LogP contribution in [-0.2, 0) is 10.1 Å². The number of hydrogen-bond donors (Lipinski definition) is 0. The molecule has 1 unspecified atom stereocenters. The summed E-state index contributed by atoms with van der Waals surface area (Å²) in [6, 6.07) is 6.44. The van der Waals surface area contributed by atoms with E-state index in [2.05, 4.69) is 55.0 Å². The highest BCUT2D eigenvalue weighted by atomic mass is 79.9. The average Bonchev–Trinajstić information content (AvgIpc) is 2.77. The van der Waals surface area contributed by atoms with Crippen LogP contribution >= 0.6 is 31.9 Å². The molecule has 1 aliphatic heterocycles. The lowest BCUT2D eigenvalue weighted by atomic mass is 10.2. The van der Waals surface area contributed by atoms with Gasteiger partial charge in [-0.15, -0.1) is 0 Å². The van der Waals surface area contributed by atoms with Gasteiger partial charge in [0.25, 0.3) is 0 Å².